The highest BCUT2D eigenvalue weighted by Crippen LogP contribution is 2.27. The van der Waals surface area contributed by atoms with Crippen LogP contribution in [0, 0.1) is 0 Å². The maximum absolute atomic E-state index is 11.9. The van der Waals surface area contributed by atoms with Gasteiger partial charge in [-0.15, -0.1) is 11.8 Å². The summed E-state index contributed by atoms with van der Waals surface area (Å²) in [4.78, 5) is 24.9. The lowest BCUT2D eigenvalue weighted by atomic mass is 10.1. The van der Waals surface area contributed by atoms with Crippen molar-refractivity contribution in [2.24, 2.45) is 0 Å². The lowest BCUT2D eigenvalue weighted by Gasteiger charge is -2.08. The second kappa shape index (κ2) is 8.72. The molecule has 2 amide bonds. The van der Waals surface area contributed by atoms with Crippen molar-refractivity contribution in [3.8, 4) is 0 Å². The number of fused-ring (bicyclic) bond motifs is 1. The van der Waals surface area contributed by atoms with Gasteiger partial charge in [0.25, 0.3) is 5.91 Å². The topological polar surface area (TPSA) is 58.2 Å². The molecule has 2 aromatic rings. The van der Waals surface area contributed by atoms with Crippen molar-refractivity contribution < 1.29 is 9.59 Å². The zero-order valence-electron chi connectivity index (χ0n) is 14.1. The summed E-state index contributed by atoms with van der Waals surface area (Å²) in [6.07, 6.45) is 3.56. The monoisotopic (exact) mass is 354 g/mol. The number of carbonyl (C=O) groups is 2. The van der Waals surface area contributed by atoms with Gasteiger partial charge < -0.3 is 10.6 Å². The summed E-state index contributed by atoms with van der Waals surface area (Å²) in [5.41, 5.74) is 3.50. The number of benzene rings is 2. The molecular weight excluding hydrogens is 332 g/mol. The van der Waals surface area contributed by atoms with Gasteiger partial charge >= 0.3 is 0 Å². The summed E-state index contributed by atoms with van der Waals surface area (Å²) in [6.45, 7) is 0.852. The molecule has 0 spiro atoms. The molecule has 0 bridgehead atoms. The van der Waals surface area contributed by atoms with Gasteiger partial charge in [-0.25, -0.2) is 0 Å². The van der Waals surface area contributed by atoms with E-state index in [9.17, 15) is 9.59 Å². The van der Waals surface area contributed by atoms with E-state index in [1.807, 2.05) is 18.2 Å². The van der Waals surface area contributed by atoms with Crippen molar-refractivity contribution in [2.75, 3.05) is 18.8 Å². The molecule has 25 heavy (non-hydrogen) atoms. The summed E-state index contributed by atoms with van der Waals surface area (Å²) >= 11 is 1.56. The minimum atomic E-state index is -0.123. The van der Waals surface area contributed by atoms with E-state index in [0.717, 1.165) is 11.3 Å². The molecular formula is C20H22N2O2S. The van der Waals surface area contributed by atoms with Crippen LogP contribution in [-0.2, 0) is 17.6 Å². The first-order valence-electron chi connectivity index (χ1n) is 8.57. The predicted octanol–water partition coefficient (Wildman–Crippen LogP) is 2.81. The lowest BCUT2D eigenvalue weighted by molar-refractivity contribution is -0.118. The first kappa shape index (κ1) is 17.5. The normalized spacial score (nSPS) is 12.5. The minimum Gasteiger partial charge on any atom is -0.354 e. The maximum atomic E-state index is 11.9. The van der Waals surface area contributed by atoms with Crippen LogP contribution in [0.25, 0.3) is 0 Å². The smallest absolute Gasteiger partial charge is 0.251 e. The van der Waals surface area contributed by atoms with E-state index in [-0.39, 0.29) is 11.8 Å². The summed E-state index contributed by atoms with van der Waals surface area (Å²) in [7, 11) is 0. The zero-order chi connectivity index (χ0) is 17.5. The molecule has 4 nitrogen and oxygen atoms in total. The maximum Gasteiger partial charge on any atom is 0.251 e. The number of hydrogen-bond donors (Lipinski definition) is 2. The quantitative estimate of drug-likeness (QED) is 0.594. The Labute approximate surface area is 152 Å². The van der Waals surface area contributed by atoms with Gasteiger partial charge in [0.15, 0.2) is 0 Å². The van der Waals surface area contributed by atoms with Crippen LogP contribution in [0.4, 0.5) is 0 Å². The van der Waals surface area contributed by atoms with E-state index in [2.05, 4.69) is 28.8 Å². The molecule has 5 heteroatoms. The largest absolute Gasteiger partial charge is 0.354 e. The van der Waals surface area contributed by atoms with Crippen LogP contribution in [0.15, 0.2) is 53.4 Å². The molecule has 0 aliphatic heterocycles. The standard InChI is InChI=1S/C20H22N2O2S/c23-19(14-25-18-10-9-15-7-4-8-17(15)13-18)21-11-12-22-20(24)16-5-2-1-3-6-16/h1-3,5-6,9-10,13H,4,7-8,11-12,14H2,(H,21,23)(H,22,24). The Morgan fingerprint density at radius 1 is 0.920 bits per heavy atom. The molecule has 130 valence electrons. The molecule has 0 saturated heterocycles. The number of carbonyl (C=O) groups excluding carboxylic acids is 2. The van der Waals surface area contributed by atoms with E-state index >= 15 is 0 Å². The molecule has 0 atom stereocenters. The van der Waals surface area contributed by atoms with E-state index in [4.69, 9.17) is 0 Å². The van der Waals surface area contributed by atoms with Crippen LogP contribution in [0.2, 0.25) is 0 Å². The fraction of sp³-hybridized carbons (Fsp3) is 0.300. The average Bonchev–Trinajstić information content (AvgIpc) is 3.12. The Kier molecular flexibility index (Phi) is 6.12. The fourth-order valence-corrected chi connectivity index (χ4v) is 3.70. The van der Waals surface area contributed by atoms with Gasteiger partial charge in [-0.3, -0.25) is 9.59 Å². The molecule has 0 radical (unpaired) electrons. The molecule has 0 heterocycles. The number of hydrogen-bond acceptors (Lipinski definition) is 3. The second-order valence-corrected chi connectivity index (χ2v) is 7.09. The Hall–Kier alpha value is -2.27. The van der Waals surface area contributed by atoms with Crippen LogP contribution in [-0.4, -0.2) is 30.7 Å². The van der Waals surface area contributed by atoms with Crippen LogP contribution in [0.3, 0.4) is 0 Å². The summed E-state index contributed by atoms with van der Waals surface area (Å²) in [5.74, 6) is 0.257. The van der Waals surface area contributed by atoms with Crippen LogP contribution in [0.5, 0.6) is 0 Å². The lowest BCUT2D eigenvalue weighted by Crippen LogP contribution is -2.35. The van der Waals surface area contributed by atoms with Crippen LogP contribution < -0.4 is 10.6 Å². The highest BCUT2D eigenvalue weighted by Gasteiger charge is 2.11. The van der Waals surface area contributed by atoms with E-state index in [1.54, 1.807) is 23.9 Å². The average molecular weight is 354 g/mol. The third-order valence-electron chi connectivity index (χ3n) is 4.21. The predicted molar refractivity (Wildman–Crippen MR) is 101 cm³/mol. The third-order valence-corrected chi connectivity index (χ3v) is 5.20. The molecule has 0 aromatic heterocycles. The number of nitrogens with one attached hydrogen (secondary N) is 2. The SMILES string of the molecule is O=C(CSc1ccc2c(c1)CCC2)NCCNC(=O)c1ccccc1. The number of aryl methyl sites for hydroxylation is 2. The molecule has 0 unspecified atom stereocenters. The molecule has 1 aliphatic carbocycles. The molecule has 0 fully saturated rings. The first-order valence-corrected chi connectivity index (χ1v) is 9.55. The van der Waals surface area contributed by atoms with Gasteiger partial charge in [0.1, 0.15) is 0 Å². The molecule has 0 saturated carbocycles. The number of thioether (sulfide) groups is 1. The van der Waals surface area contributed by atoms with Gasteiger partial charge in [0, 0.05) is 23.5 Å². The van der Waals surface area contributed by atoms with Crippen LogP contribution >= 0.6 is 11.8 Å². The van der Waals surface area contributed by atoms with Crippen molar-refractivity contribution in [1.82, 2.24) is 10.6 Å². The summed E-state index contributed by atoms with van der Waals surface area (Å²) in [6, 6.07) is 15.5. The highest BCUT2D eigenvalue weighted by atomic mass is 32.2. The molecule has 3 rings (SSSR count). The summed E-state index contributed by atoms with van der Waals surface area (Å²) < 4.78 is 0. The Morgan fingerprint density at radius 2 is 1.68 bits per heavy atom. The van der Waals surface area contributed by atoms with E-state index < -0.39 is 0 Å². The Morgan fingerprint density at radius 3 is 2.52 bits per heavy atom. The van der Waals surface area contributed by atoms with Crippen molar-refractivity contribution in [1.29, 1.82) is 0 Å². The Bertz CT molecular complexity index is 747. The summed E-state index contributed by atoms with van der Waals surface area (Å²) in [5, 5.41) is 5.63. The van der Waals surface area contributed by atoms with Crippen molar-refractivity contribution in [2.45, 2.75) is 24.2 Å². The van der Waals surface area contributed by atoms with Gasteiger partial charge in [-0.05, 0) is 54.7 Å². The molecule has 2 aromatic carbocycles. The fourth-order valence-electron chi connectivity index (χ4n) is 2.91. The highest BCUT2D eigenvalue weighted by molar-refractivity contribution is 8.00. The molecule has 2 N–H and O–H groups in total. The third kappa shape index (κ3) is 5.10. The van der Waals surface area contributed by atoms with Crippen molar-refractivity contribution in [3.63, 3.8) is 0 Å². The van der Waals surface area contributed by atoms with Gasteiger partial charge in [-0.2, -0.15) is 0 Å². The minimum absolute atomic E-state index is 0.0144. The molecule has 1 aliphatic rings. The Balaban J connectivity index is 1.34. The van der Waals surface area contributed by atoms with Gasteiger partial charge in [0.2, 0.25) is 5.91 Å². The first-order chi connectivity index (χ1) is 12.2. The number of amides is 2. The second-order valence-electron chi connectivity index (χ2n) is 6.04. The van der Waals surface area contributed by atoms with Crippen molar-refractivity contribution in [3.05, 3.63) is 65.2 Å². The van der Waals surface area contributed by atoms with Crippen molar-refractivity contribution >= 4 is 23.6 Å². The zero-order valence-corrected chi connectivity index (χ0v) is 14.9. The van der Waals surface area contributed by atoms with Gasteiger partial charge in [0.05, 0.1) is 5.75 Å². The van der Waals surface area contributed by atoms with Crippen LogP contribution in [0.1, 0.15) is 27.9 Å². The van der Waals surface area contributed by atoms with E-state index in [0.29, 0.717) is 24.4 Å². The van der Waals surface area contributed by atoms with E-state index in [1.165, 1.54) is 24.0 Å². The number of rotatable bonds is 7. The van der Waals surface area contributed by atoms with Gasteiger partial charge in [-0.1, -0.05) is 24.3 Å².